The highest BCUT2D eigenvalue weighted by Gasteiger charge is 2.12. The highest BCUT2D eigenvalue weighted by Crippen LogP contribution is 2.24. The number of ether oxygens (including phenoxy) is 1. The average molecular weight is 218 g/mol. The Hall–Kier alpha value is -0.640. The molecule has 0 aliphatic rings. The Morgan fingerprint density at radius 1 is 1.57 bits per heavy atom. The van der Waals surface area contributed by atoms with Crippen molar-refractivity contribution in [3.05, 3.63) is 34.1 Å². The summed E-state index contributed by atoms with van der Waals surface area (Å²) < 4.78 is 18.4. The van der Waals surface area contributed by atoms with Gasteiger partial charge in [0.15, 0.2) is 0 Å². The first kappa shape index (κ1) is 11.4. The van der Waals surface area contributed by atoms with Crippen LogP contribution in [0.25, 0.3) is 0 Å². The van der Waals surface area contributed by atoms with Crippen LogP contribution >= 0.6 is 11.6 Å². The van der Waals surface area contributed by atoms with E-state index in [-0.39, 0.29) is 11.1 Å². The molecule has 0 aliphatic heterocycles. The Morgan fingerprint density at radius 3 is 2.71 bits per heavy atom. The molecule has 0 heterocycles. The highest BCUT2D eigenvalue weighted by atomic mass is 35.5. The van der Waals surface area contributed by atoms with Crippen LogP contribution < -0.4 is 5.73 Å². The summed E-state index contributed by atoms with van der Waals surface area (Å²) in [6.45, 7) is 2.12. The average Bonchev–Trinajstić information content (AvgIpc) is 2.11. The zero-order valence-corrected chi connectivity index (χ0v) is 8.94. The minimum Gasteiger partial charge on any atom is -0.380 e. The molecule has 2 N–H and O–H groups in total. The zero-order valence-electron chi connectivity index (χ0n) is 8.18. The monoisotopic (exact) mass is 217 g/mol. The van der Waals surface area contributed by atoms with Crippen LogP contribution in [0.2, 0.25) is 5.02 Å². The lowest BCUT2D eigenvalue weighted by molar-refractivity contribution is 0.184. The maximum absolute atomic E-state index is 13.4. The predicted octanol–water partition coefficient (Wildman–Crippen LogP) is 2.65. The summed E-state index contributed by atoms with van der Waals surface area (Å²) in [7, 11) is 1.57. The fourth-order valence-electron chi connectivity index (χ4n) is 1.25. The molecule has 0 radical (unpaired) electrons. The van der Waals surface area contributed by atoms with Gasteiger partial charge < -0.3 is 10.5 Å². The Kier molecular flexibility index (Phi) is 3.86. The summed E-state index contributed by atoms with van der Waals surface area (Å²) in [5.41, 5.74) is 6.86. The van der Waals surface area contributed by atoms with Gasteiger partial charge in [-0.15, -0.1) is 0 Å². The second-order valence-electron chi connectivity index (χ2n) is 3.20. The SMILES string of the molecule is COCc1cc(Cl)c(F)c(C(C)N)c1. The van der Waals surface area contributed by atoms with Crippen molar-refractivity contribution in [2.75, 3.05) is 7.11 Å². The summed E-state index contributed by atoms with van der Waals surface area (Å²) in [5.74, 6) is -0.443. The van der Waals surface area contributed by atoms with E-state index in [2.05, 4.69) is 0 Å². The molecule has 0 aromatic heterocycles. The van der Waals surface area contributed by atoms with Gasteiger partial charge in [-0.2, -0.15) is 0 Å². The highest BCUT2D eigenvalue weighted by molar-refractivity contribution is 6.30. The van der Waals surface area contributed by atoms with Crippen LogP contribution in [0.15, 0.2) is 12.1 Å². The molecule has 1 aromatic carbocycles. The number of nitrogens with two attached hydrogens (primary N) is 1. The third kappa shape index (κ3) is 2.44. The second-order valence-corrected chi connectivity index (χ2v) is 3.61. The third-order valence-corrected chi connectivity index (χ3v) is 2.19. The van der Waals surface area contributed by atoms with Crippen molar-refractivity contribution in [2.45, 2.75) is 19.6 Å². The third-order valence-electron chi connectivity index (χ3n) is 1.92. The van der Waals surface area contributed by atoms with Gasteiger partial charge in [-0.3, -0.25) is 0 Å². The van der Waals surface area contributed by atoms with Crippen molar-refractivity contribution < 1.29 is 9.13 Å². The first-order chi connectivity index (χ1) is 6.56. The molecule has 14 heavy (non-hydrogen) atoms. The molecular formula is C10H13ClFNO. The summed E-state index contributed by atoms with van der Waals surface area (Å²) in [6, 6.07) is 2.85. The Bertz CT molecular complexity index is 328. The fraction of sp³-hybridized carbons (Fsp3) is 0.400. The van der Waals surface area contributed by atoms with E-state index in [1.54, 1.807) is 26.2 Å². The largest absolute Gasteiger partial charge is 0.380 e. The van der Waals surface area contributed by atoms with Crippen molar-refractivity contribution in [3.8, 4) is 0 Å². The Balaban J connectivity index is 3.14. The van der Waals surface area contributed by atoms with Crippen LogP contribution in [0.3, 0.4) is 0 Å². The van der Waals surface area contributed by atoms with Crippen LogP contribution in [0, 0.1) is 5.82 Å². The van der Waals surface area contributed by atoms with Gasteiger partial charge in [0, 0.05) is 18.7 Å². The normalized spacial score (nSPS) is 12.9. The molecule has 1 atom stereocenters. The Labute approximate surface area is 87.8 Å². The molecule has 0 amide bonds. The molecule has 0 bridgehead atoms. The molecule has 0 aliphatic carbocycles. The number of hydrogen-bond acceptors (Lipinski definition) is 2. The summed E-state index contributed by atoms with van der Waals surface area (Å²) >= 11 is 5.71. The van der Waals surface area contributed by atoms with Crippen LogP contribution in [-0.4, -0.2) is 7.11 Å². The quantitative estimate of drug-likeness (QED) is 0.845. The smallest absolute Gasteiger partial charge is 0.146 e. The number of halogens is 2. The first-order valence-corrected chi connectivity index (χ1v) is 4.66. The summed E-state index contributed by atoms with van der Waals surface area (Å²) in [5, 5.41) is 0.0897. The van der Waals surface area contributed by atoms with Gasteiger partial charge in [0.2, 0.25) is 0 Å². The summed E-state index contributed by atoms with van der Waals surface area (Å²) in [4.78, 5) is 0. The van der Waals surface area contributed by atoms with Gasteiger partial charge in [0.05, 0.1) is 11.6 Å². The van der Waals surface area contributed by atoms with E-state index in [0.29, 0.717) is 12.2 Å². The van der Waals surface area contributed by atoms with Crippen molar-refractivity contribution in [1.82, 2.24) is 0 Å². The van der Waals surface area contributed by atoms with Crippen molar-refractivity contribution in [1.29, 1.82) is 0 Å². The molecule has 1 aromatic rings. The molecule has 0 saturated carbocycles. The van der Waals surface area contributed by atoms with Crippen molar-refractivity contribution >= 4 is 11.6 Å². The Morgan fingerprint density at radius 2 is 2.21 bits per heavy atom. The van der Waals surface area contributed by atoms with E-state index in [1.807, 2.05) is 0 Å². The second kappa shape index (κ2) is 4.73. The molecule has 1 rings (SSSR count). The van der Waals surface area contributed by atoms with Crippen LogP contribution in [-0.2, 0) is 11.3 Å². The lowest BCUT2D eigenvalue weighted by Crippen LogP contribution is -2.08. The molecule has 0 spiro atoms. The standard InChI is InChI=1S/C10H13ClFNO/c1-6(13)8-3-7(5-14-2)4-9(11)10(8)12/h3-4,6H,5,13H2,1-2H3. The fourth-order valence-corrected chi connectivity index (χ4v) is 1.50. The van der Waals surface area contributed by atoms with Gasteiger partial charge in [-0.1, -0.05) is 11.6 Å². The molecule has 0 fully saturated rings. The number of methoxy groups -OCH3 is 1. The first-order valence-electron chi connectivity index (χ1n) is 4.28. The zero-order chi connectivity index (χ0) is 10.7. The van der Waals surface area contributed by atoms with Gasteiger partial charge in [0.25, 0.3) is 0 Å². The van der Waals surface area contributed by atoms with Crippen LogP contribution in [0.4, 0.5) is 4.39 Å². The van der Waals surface area contributed by atoms with Gasteiger partial charge in [-0.25, -0.2) is 4.39 Å². The van der Waals surface area contributed by atoms with E-state index in [9.17, 15) is 4.39 Å². The molecule has 1 unspecified atom stereocenters. The maximum Gasteiger partial charge on any atom is 0.146 e. The minimum absolute atomic E-state index is 0.0897. The molecular weight excluding hydrogens is 205 g/mol. The van der Waals surface area contributed by atoms with E-state index < -0.39 is 5.82 Å². The lowest BCUT2D eigenvalue weighted by Gasteiger charge is -2.10. The summed E-state index contributed by atoms with van der Waals surface area (Å²) in [6.07, 6.45) is 0. The maximum atomic E-state index is 13.4. The van der Waals surface area contributed by atoms with E-state index in [4.69, 9.17) is 22.1 Å². The lowest BCUT2D eigenvalue weighted by atomic mass is 10.1. The molecule has 0 saturated heterocycles. The van der Waals surface area contributed by atoms with Crippen LogP contribution in [0.5, 0.6) is 0 Å². The number of hydrogen-bond donors (Lipinski definition) is 1. The van der Waals surface area contributed by atoms with Gasteiger partial charge in [-0.05, 0) is 24.6 Å². The molecule has 2 nitrogen and oxygen atoms in total. The molecule has 4 heteroatoms. The van der Waals surface area contributed by atoms with Crippen LogP contribution in [0.1, 0.15) is 24.1 Å². The van der Waals surface area contributed by atoms with Gasteiger partial charge >= 0.3 is 0 Å². The van der Waals surface area contributed by atoms with Crippen molar-refractivity contribution in [3.63, 3.8) is 0 Å². The minimum atomic E-state index is -0.443. The predicted molar refractivity (Wildman–Crippen MR) is 54.7 cm³/mol. The number of rotatable bonds is 3. The van der Waals surface area contributed by atoms with E-state index in [0.717, 1.165) is 5.56 Å². The van der Waals surface area contributed by atoms with E-state index in [1.165, 1.54) is 0 Å². The van der Waals surface area contributed by atoms with E-state index >= 15 is 0 Å². The molecule has 78 valence electrons. The van der Waals surface area contributed by atoms with Gasteiger partial charge in [0.1, 0.15) is 5.82 Å². The topological polar surface area (TPSA) is 35.2 Å². The number of benzene rings is 1. The van der Waals surface area contributed by atoms with Crippen molar-refractivity contribution in [2.24, 2.45) is 5.73 Å².